The lowest BCUT2D eigenvalue weighted by molar-refractivity contribution is 0.487. The Hall–Kier alpha value is -5.92. The van der Waals surface area contributed by atoms with E-state index in [1.807, 2.05) is 42.5 Å². The first kappa shape index (κ1) is 15.4. The summed E-state index contributed by atoms with van der Waals surface area (Å²) in [6, 6.07) is 18.1. The van der Waals surface area contributed by atoms with Gasteiger partial charge >= 0.3 is 0 Å². The molecule has 0 fully saturated rings. The average Bonchev–Trinajstić information content (AvgIpc) is 3.71. The molecule has 0 aromatic heterocycles. The highest BCUT2D eigenvalue weighted by Gasteiger charge is 2.52. The Kier molecular flexibility index (Phi) is 2.88. The molecular formula is C45H26O. The van der Waals surface area contributed by atoms with Crippen LogP contribution in [0.25, 0.3) is 66.1 Å². The molecule has 1 heterocycles. The second-order valence-corrected chi connectivity index (χ2v) is 11.8. The van der Waals surface area contributed by atoms with Crippen molar-refractivity contribution >= 4 is 21.5 Å². The van der Waals surface area contributed by atoms with Crippen molar-refractivity contribution < 1.29 is 22.6 Å². The second-order valence-electron chi connectivity index (χ2n) is 11.8. The standard InChI is InChI=1S/C45H26O/c1-2-12-31-27(9-1)20-23-39-44(31)35-14-4-6-17-38(35)45(39)37-16-5-3-13-32(37)33-22-19-30(26-40(33)45)29-21-24-41-36(25-29)34-15-7-10-28-11-8-18-42(46-41)43(28)34/h1-26H/i1D,2D,4D,6D,9D,12D,14D,17D,20D,21D,23D,24D,25D. The number of fused-ring (bicyclic) bond motifs is 14. The molecule has 1 unspecified atom stereocenters. The molecule has 1 atom stereocenters. The van der Waals surface area contributed by atoms with Crippen LogP contribution in [-0.4, -0.2) is 0 Å². The van der Waals surface area contributed by atoms with E-state index in [9.17, 15) is 9.60 Å². The average molecular weight is 596 g/mol. The molecular weight excluding hydrogens is 556 g/mol. The molecule has 0 N–H and O–H groups in total. The minimum absolute atomic E-state index is 0.0246. The summed E-state index contributed by atoms with van der Waals surface area (Å²) in [4.78, 5) is 0. The van der Waals surface area contributed by atoms with Crippen molar-refractivity contribution in [2.45, 2.75) is 5.41 Å². The third-order valence-electron chi connectivity index (χ3n) is 9.65. The van der Waals surface area contributed by atoms with Gasteiger partial charge < -0.3 is 4.74 Å². The Labute approximate surface area is 285 Å². The van der Waals surface area contributed by atoms with Crippen LogP contribution in [0.15, 0.2) is 157 Å². The number of ether oxygens (including phenoxy) is 1. The third-order valence-corrected chi connectivity index (χ3v) is 9.65. The van der Waals surface area contributed by atoms with Gasteiger partial charge in [0, 0.05) is 10.9 Å². The Balaban J connectivity index is 1.31. The zero-order valence-corrected chi connectivity index (χ0v) is 23.9. The minimum atomic E-state index is -1.73. The Morgan fingerprint density at radius 1 is 0.478 bits per heavy atom. The quantitative estimate of drug-likeness (QED) is 0.183. The van der Waals surface area contributed by atoms with Crippen molar-refractivity contribution in [1.82, 2.24) is 0 Å². The van der Waals surface area contributed by atoms with E-state index in [1.54, 1.807) is 36.4 Å². The molecule has 1 heteroatoms. The maximum Gasteiger partial charge on any atom is 0.135 e. The smallest absolute Gasteiger partial charge is 0.135 e. The fourth-order valence-corrected chi connectivity index (χ4v) is 7.83. The minimum Gasteiger partial charge on any atom is -0.456 e. The summed E-state index contributed by atoms with van der Waals surface area (Å²) in [6.07, 6.45) is 0. The maximum atomic E-state index is 9.72. The van der Waals surface area contributed by atoms with Crippen molar-refractivity contribution in [3.8, 4) is 56.0 Å². The van der Waals surface area contributed by atoms with E-state index in [-0.39, 0.29) is 62.5 Å². The summed E-state index contributed by atoms with van der Waals surface area (Å²) < 4.78 is 125. The number of rotatable bonds is 1. The predicted molar refractivity (Wildman–Crippen MR) is 189 cm³/mol. The normalized spacial score (nSPS) is 20.0. The van der Waals surface area contributed by atoms with E-state index in [0.29, 0.717) is 44.7 Å². The van der Waals surface area contributed by atoms with E-state index in [0.717, 1.165) is 10.8 Å². The summed E-state index contributed by atoms with van der Waals surface area (Å²) in [5.74, 6) is 0.608. The topological polar surface area (TPSA) is 9.23 Å². The third kappa shape index (κ3) is 2.91. The molecule has 11 rings (SSSR count). The van der Waals surface area contributed by atoms with E-state index in [4.69, 9.17) is 13.0 Å². The summed E-state index contributed by atoms with van der Waals surface area (Å²) in [7, 11) is 0. The van der Waals surface area contributed by atoms with Crippen LogP contribution in [-0.2, 0) is 5.41 Å². The van der Waals surface area contributed by atoms with Gasteiger partial charge in [0.25, 0.3) is 0 Å². The van der Waals surface area contributed by atoms with Gasteiger partial charge in [-0.05, 0) is 102 Å². The highest BCUT2D eigenvalue weighted by molar-refractivity contribution is 6.07. The Bertz CT molecular complexity index is 3350. The first-order valence-electron chi connectivity index (χ1n) is 21.5. The van der Waals surface area contributed by atoms with Crippen LogP contribution in [0.1, 0.15) is 40.1 Å². The SMILES string of the molecule is [2H]c1c([2H])c([2H])c2c(c1[2H])-c1c(c([2H])c([2H])c3c([2H])c([2H])c([2H])c([2H])c13)C21c2ccccc2-c2ccc(-c3c([2H])c([2H])c4c(c3[2H])-c3cccc5cccc(c35)O4)cc21. The van der Waals surface area contributed by atoms with Crippen LogP contribution < -0.4 is 4.74 Å². The largest absolute Gasteiger partial charge is 0.456 e. The monoisotopic (exact) mass is 595 g/mol. The first-order valence-corrected chi connectivity index (χ1v) is 15.0. The summed E-state index contributed by atoms with van der Waals surface area (Å²) in [5.41, 5.74) is 2.17. The molecule has 2 aliphatic carbocycles. The molecule has 0 radical (unpaired) electrons. The van der Waals surface area contributed by atoms with Crippen LogP contribution in [0.5, 0.6) is 11.5 Å². The van der Waals surface area contributed by atoms with Gasteiger partial charge in [-0.1, -0.05) is 133 Å². The van der Waals surface area contributed by atoms with Crippen molar-refractivity contribution in [2.75, 3.05) is 0 Å². The summed E-state index contributed by atoms with van der Waals surface area (Å²) >= 11 is 0. The van der Waals surface area contributed by atoms with Gasteiger partial charge in [0.05, 0.1) is 23.2 Å². The second kappa shape index (κ2) is 8.62. The Morgan fingerprint density at radius 3 is 2.28 bits per heavy atom. The van der Waals surface area contributed by atoms with Gasteiger partial charge in [-0.2, -0.15) is 0 Å². The molecule has 1 aliphatic heterocycles. The molecule has 8 aromatic rings. The molecule has 0 saturated heterocycles. The number of benzene rings is 8. The van der Waals surface area contributed by atoms with Crippen molar-refractivity contribution in [3.63, 3.8) is 0 Å². The van der Waals surface area contributed by atoms with Crippen molar-refractivity contribution in [3.05, 3.63) is 180 Å². The predicted octanol–water partition coefficient (Wildman–Crippen LogP) is 11.8. The van der Waals surface area contributed by atoms with Crippen molar-refractivity contribution in [1.29, 1.82) is 0 Å². The molecule has 3 aliphatic rings. The molecule has 46 heavy (non-hydrogen) atoms. The number of hydrogen-bond acceptors (Lipinski definition) is 1. The van der Waals surface area contributed by atoms with Crippen LogP contribution in [0.4, 0.5) is 0 Å². The number of hydrogen-bond donors (Lipinski definition) is 0. The van der Waals surface area contributed by atoms with Gasteiger partial charge in [-0.3, -0.25) is 0 Å². The molecule has 0 amide bonds. The Morgan fingerprint density at radius 2 is 1.30 bits per heavy atom. The first-order chi connectivity index (χ1) is 28.2. The van der Waals surface area contributed by atoms with Crippen molar-refractivity contribution in [2.24, 2.45) is 0 Å². The van der Waals surface area contributed by atoms with Gasteiger partial charge in [-0.25, -0.2) is 0 Å². The van der Waals surface area contributed by atoms with Gasteiger partial charge in [0.15, 0.2) is 0 Å². The molecule has 0 saturated carbocycles. The van der Waals surface area contributed by atoms with Crippen LogP contribution in [0, 0.1) is 0 Å². The van der Waals surface area contributed by atoms with E-state index in [1.165, 1.54) is 0 Å². The molecule has 0 bridgehead atoms. The van der Waals surface area contributed by atoms with E-state index < -0.39 is 65.8 Å². The maximum absolute atomic E-state index is 9.72. The molecule has 1 spiro atoms. The van der Waals surface area contributed by atoms with Gasteiger partial charge in [0.2, 0.25) is 0 Å². The summed E-state index contributed by atoms with van der Waals surface area (Å²) in [5, 5.41) is 1.30. The summed E-state index contributed by atoms with van der Waals surface area (Å²) in [6.45, 7) is 0. The van der Waals surface area contributed by atoms with Gasteiger partial charge in [-0.15, -0.1) is 0 Å². The molecule has 212 valence electrons. The van der Waals surface area contributed by atoms with Gasteiger partial charge in [0.1, 0.15) is 11.5 Å². The molecule has 8 aromatic carbocycles. The van der Waals surface area contributed by atoms with E-state index in [2.05, 4.69) is 0 Å². The fourth-order valence-electron chi connectivity index (χ4n) is 7.83. The lowest BCUT2D eigenvalue weighted by Gasteiger charge is -2.31. The lowest BCUT2D eigenvalue weighted by Crippen LogP contribution is -2.25. The highest BCUT2D eigenvalue weighted by atomic mass is 16.5. The lowest BCUT2D eigenvalue weighted by atomic mass is 9.70. The molecule has 1 nitrogen and oxygen atoms in total. The van der Waals surface area contributed by atoms with Crippen LogP contribution in [0.3, 0.4) is 0 Å². The van der Waals surface area contributed by atoms with Crippen LogP contribution in [0.2, 0.25) is 0 Å². The zero-order valence-electron chi connectivity index (χ0n) is 36.9. The van der Waals surface area contributed by atoms with E-state index >= 15 is 0 Å². The van der Waals surface area contributed by atoms with Crippen LogP contribution >= 0.6 is 0 Å². The fraction of sp³-hybridized carbons (Fsp3) is 0.0222. The highest BCUT2D eigenvalue weighted by Crippen LogP contribution is 2.64. The zero-order chi connectivity index (χ0) is 41.3.